The van der Waals surface area contributed by atoms with E-state index in [4.69, 9.17) is 9.47 Å². The van der Waals surface area contributed by atoms with Gasteiger partial charge in [-0.2, -0.15) is 0 Å². The molecule has 0 fully saturated rings. The number of esters is 1. The zero-order valence-electron chi connectivity index (χ0n) is 11.3. The lowest BCUT2D eigenvalue weighted by Gasteiger charge is -2.05. The van der Waals surface area contributed by atoms with Gasteiger partial charge in [0.05, 0.1) is 18.9 Å². The molecular formula is C11H18N4O4. The number of nitrogens with one attached hydrogen (secondary N) is 1. The summed E-state index contributed by atoms with van der Waals surface area (Å²) in [4.78, 5) is 23.1. The first kappa shape index (κ1) is 15.1. The maximum absolute atomic E-state index is 11.6. The van der Waals surface area contributed by atoms with Crippen LogP contribution in [0.4, 0.5) is 0 Å². The molecule has 1 heterocycles. The highest BCUT2D eigenvalue weighted by atomic mass is 16.5. The van der Waals surface area contributed by atoms with Crippen molar-refractivity contribution in [3.8, 4) is 0 Å². The van der Waals surface area contributed by atoms with Crippen LogP contribution in [0.1, 0.15) is 23.1 Å². The molecule has 1 N–H and O–H groups in total. The molecule has 0 saturated carbocycles. The van der Waals surface area contributed by atoms with Crippen molar-refractivity contribution in [2.45, 2.75) is 20.4 Å². The molecule has 1 rings (SSSR count). The minimum absolute atomic E-state index is 0.00194. The van der Waals surface area contributed by atoms with E-state index in [2.05, 4.69) is 15.6 Å². The van der Waals surface area contributed by atoms with E-state index in [0.29, 0.717) is 18.8 Å². The zero-order chi connectivity index (χ0) is 14.3. The second-order valence-electron chi connectivity index (χ2n) is 3.74. The number of methoxy groups -OCH3 is 1. The summed E-state index contributed by atoms with van der Waals surface area (Å²) >= 11 is 0. The van der Waals surface area contributed by atoms with E-state index in [-0.39, 0.29) is 24.8 Å². The molecule has 1 aromatic heterocycles. The van der Waals surface area contributed by atoms with Crippen molar-refractivity contribution < 1.29 is 19.1 Å². The van der Waals surface area contributed by atoms with Crippen molar-refractivity contribution >= 4 is 11.9 Å². The van der Waals surface area contributed by atoms with E-state index in [1.807, 2.05) is 0 Å². The average molecular weight is 270 g/mol. The van der Waals surface area contributed by atoms with Gasteiger partial charge < -0.3 is 14.8 Å². The number of hydrogen-bond donors (Lipinski definition) is 1. The van der Waals surface area contributed by atoms with E-state index in [1.54, 1.807) is 21.0 Å². The second kappa shape index (κ2) is 7.47. The molecule has 0 aliphatic carbocycles. The Morgan fingerprint density at radius 3 is 2.79 bits per heavy atom. The lowest BCUT2D eigenvalue weighted by Crippen LogP contribution is -2.31. The van der Waals surface area contributed by atoms with Gasteiger partial charge in [-0.15, -0.1) is 5.10 Å². The number of ether oxygens (including phenoxy) is 2. The molecule has 1 amide bonds. The molecule has 0 aromatic carbocycles. The van der Waals surface area contributed by atoms with Crippen LogP contribution in [0.3, 0.4) is 0 Å². The largest absolute Gasteiger partial charge is 0.461 e. The molecule has 0 atom stereocenters. The number of nitrogens with zero attached hydrogens (tertiary/aromatic N) is 3. The van der Waals surface area contributed by atoms with Gasteiger partial charge in [-0.1, -0.05) is 5.21 Å². The fourth-order valence-corrected chi connectivity index (χ4v) is 1.38. The third-order valence-corrected chi connectivity index (χ3v) is 2.37. The predicted octanol–water partition coefficient (Wildman–Crippen LogP) is -0.474. The number of carbonyl (C=O) groups is 2. The Morgan fingerprint density at radius 1 is 1.42 bits per heavy atom. The van der Waals surface area contributed by atoms with E-state index >= 15 is 0 Å². The van der Waals surface area contributed by atoms with Crippen molar-refractivity contribution in [1.29, 1.82) is 0 Å². The number of carbonyl (C=O) groups excluding carboxylic acids is 2. The monoisotopic (exact) mass is 270 g/mol. The van der Waals surface area contributed by atoms with Crippen molar-refractivity contribution in [2.24, 2.45) is 0 Å². The smallest absolute Gasteiger partial charge is 0.360 e. The van der Waals surface area contributed by atoms with Crippen LogP contribution >= 0.6 is 0 Å². The standard InChI is InChI=1S/C11H18N4O4/c1-4-19-11(17)10-8(2)15(14-13-10)7-9(16)12-5-6-18-3/h4-7H2,1-3H3,(H,12,16). The molecule has 8 heteroatoms. The first-order valence-electron chi connectivity index (χ1n) is 5.93. The minimum atomic E-state index is -0.536. The number of amides is 1. The molecule has 0 spiro atoms. The summed E-state index contributed by atoms with van der Waals surface area (Å²) in [5.41, 5.74) is 0.631. The van der Waals surface area contributed by atoms with Crippen LogP contribution in [0.15, 0.2) is 0 Å². The summed E-state index contributed by atoms with van der Waals surface area (Å²) in [5.74, 6) is -0.758. The molecule has 1 aromatic rings. The fraction of sp³-hybridized carbons (Fsp3) is 0.636. The number of aromatic nitrogens is 3. The van der Waals surface area contributed by atoms with Crippen LogP contribution in [-0.2, 0) is 20.8 Å². The molecule has 0 aliphatic rings. The number of hydrogen-bond acceptors (Lipinski definition) is 6. The number of rotatable bonds is 7. The Bertz CT molecular complexity index is 444. The predicted molar refractivity (Wildman–Crippen MR) is 65.6 cm³/mol. The zero-order valence-corrected chi connectivity index (χ0v) is 11.3. The van der Waals surface area contributed by atoms with Crippen LogP contribution in [0.2, 0.25) is 0 Å². The lowest BCUT2D eigenvalue weighted by molar-refractivity contribution is -0.122. The van der Waals surface area contributed by atoms with Gasteiger partial charge in [0.1, 0.15) is 6.54 Å². The van der Waals surface area contributed by atoms with Crippen molar-refractivity contribution in [2.75, 3.05) is 26.9 Å². The fourth-order valence-electron chi connectivity index (χ4n) is 1.38. The van der Waals surface area contributed by atoms with E-state index in [0.717, 1.165) is 0 Å². The topological polar surface area (TPSA) is 95.3 Å². The first-order chi connectivity index (χ1) is 9.10. The molecule has 8 nitrogen and oxygen atoms in total. The molecular weight excluding hydrogens is 252 g/mol. The van der Waals surface area contributed by atoms with Crippen LogP contribution in [0, 0.1) is 6.92 Å². The van der Waals surface area contributed by atoms with Gasteiger partial charge >= 0.3 is 5.97 Å². The second-order valence-corrected chi connectivity index (χ2v) is 3.74. The summed E-state index contributed by atoms with van der Waals surface area (Å²) in [6.45, 7) is 4.50. The van der Waals surface area contributed by atoms with Crippen molar-refractivity contribution in [1.82, 2.24) is 20.3 Å². The maximum atomic E-state index is 11.6. The van der Waals surface area contributed by atoms with Crippen LogP contribution in [0.5, 0.6) is 0 Å². The summed E-state index contributed by atoms with van der Waals surface area (Å²) < 4.78 is 11.0. The van der Waals surface area contributed by atoms with Gasteiger partial charge in [0.25, 0.3) is 0 Å². The van der Waals surface area contributed by atoms with Crippen LogP contribution < -0.4 is 5.32 Å². The van der Waals surface area contributed by atoms with E-state index in [9.17, 15) is 9.59 Å². The Morgan fingerprint density at radius 2 is 2.16 bits per heavy atom. The highest BCUT2D eigenvalue weighted by Crippen LogP contribution is 2.05. The van der Waals surface area contributed by atoms with Gasteiger partial charge in [-0.25, -0.2) is 9.48 Å². The van der Waals surface area contributed by atoms with Gasteiger partial charge in [-0.05, 0) is 13.8 Å². The van der Waals surface area contributed by atoms with Gasteiger partial charge in [0.15, 0.2) is 5.69 Å². The summed E-state index contributed by atoms with van der Waals surface area (Å²) in [7, 11) is 1.55. The average Bonchev–Trinajstić information content (AvgIpc) is 2.72. The maximum Gasteiger partial charge on any atom is 0.360 e. The molecule has 0 radical (unpaired) electrons. The van der Waals surface area contributed by atoms with Gasteiger partial charge in [0, 0.05) is 13.7 Å². The molecule has 106 valence electrons. The summed E-state index contributed by atoms with van der Waals surface area (Å²) in [6.07, 6.45) is 0. The first-order valence-corrected chi connectivity index (χ1v) is 5.93. The normalized spacial score (nSPS) is 10.3. The van der Waals surface area contributed by atoms with Gasteiger partial charge in [0.2, 0.25) is 5.91 Å². The lowest BCUT2D eigenvalue weighted by atomic mass is 10.3. The van der Waals surface area contributed by atoms with Crippen LogP contribution in [0.25, 0.3) is 0 Å². The Hall–Kier alpha value is -1.96. The van der Waals surface area contributed by atoms with Crippen molar-refractivity contribution in [3.63, 3.8) is 0 Å². The molecule has 19 heavy (non-hydrogen) atoms. The Labute approximate surface area is 111 Å². The Balaban J connectivity index is 2.60. The minimum Gasteiger partial charge on any atom is -0.461 e. The summed E-state index contributed by atoms with van der Waals surface area (Å²) in [5, 5.41) is 10.1. The van der Waals surface area contributed by atoms with E-state index < -0.39 is 5.97 Å². The highest BCUT2D eigenvalue weighted by molar-refractivity contribution is 5.88. The molecule has 0 aliphatic heterocycles. The highest BCUT2D eigenvalue weighted by Gasteiger charge is 2.18. The molecule has 0 unspecified atom stereocenters. The molecule has 0 bridgehead atoms. The Kier molecular flexibility index (Phi) is 5.94. The van der Waals surface area contributed by atoms with Gasteiger partial charge in [-0.3, -0.25) is 4.79 Å². The quantitative estimate of drug-likeness (QED) is 0.531. The third kappa shape index (κ3) is 4.32. The van der Waals surface area contributed by atoms with Crippen molar-refractivity contribution in [3.05, 3.63) is 11.4 Å². The van der Waals surface area contributed by atoms with E-state index in [1.165, 1.54) is 4.68 Å². The summed E-state index contributed by atoms with van der Waals surface area (Å²) in [6, 6.07) is 0. The third-order valence-electron chi connectivity index (χ3n) is 2.37. The molecule has 0 saturated heterocycles. The van der Waals surface area contributed by atoms with Crippen LogP contribution in [-0.4, -0.2) is 53.7 Å². The SMILES string of the molecule is CCOC(=O)c1nnn(CC(=O)NCCOC)c1C.